The first-order chi connectivity index (χ1) is 11.9. The van der Waals surface area contributed by atoms with E-state index in [1.807, 2.05) is 0 Å². The van der Waals surface area contributed by atoms with Gasteiger partial charge in [0.1, 0.15) is 17.2 Å². The van der Waals surface area contributed by atoms with Gasteiger partial charge in [0.15, 0.2) is 12.6 Å². The molecule has 0 spiro atoms. The summed E-state index contributed by atoms with van der Waals surface area (Å²) in [4.78, 5) is 23.2. The Balaban J connectivity index is 2.56. The third-order valence-corrected chi connectivity index (χ3v) is 4.41. The maximum atomic E-state index is 11.7. The topological polar surface area (TPSA) is 94.8 Å². The van der Waals surface area contributed by atoms with Crippen LogP contribution in [-0.4, -0.2) is 27.9 Å². The van der Waals surface area contributed by atoms with Crippen molar-refractivity contribution in [1.82, 2.24) is 0 Å². The van der Waals surface area contributed by atoms with Gasteiger partial charge in [-0.15, -0.1) is 0 Å². The molecule has 0 amide bonds. The fourth-order valence-electron chi connectivity index (χ4n) is 2.97. The van der Waals surface area contributed by atoms with Crippen LogP contribution in [0.4, 0.5) is 0 Å². The molecule has 0 fully saturated rings. The van der Waals surface area contributed by atoms with E-state index in [1.165, 1.54) is 12.1 Å². The zero-order chi connectivity index (χ0) is 18.3. The van der Waals surface area contributed by atoms with Crippen LogP contribution in [0.2, 0.25) is 0 Å². The van der Waals surface area contributed by atoms with Crippen molar-refractivity contribution in [1.29, 1.82) is 0 Å². The maximum absolute atomic E-state index is 11.7. The molecule has 5 heteroatoms. The van der Waals surface area contributed by atoms with E-state index < -0.39 is 0 Å². The van der Waals surface area contributed by atoms with Crippen LogP contribution in [0.15, 0.2) is 30.3 Å². The molecule has 126 valence electrons. The Morgan fingerprint density at radius 2 is 1.40 bits per heavy atom. The zero-order valence-corrected chi connectivity index (χ0v) is 13.7. The van der Waals surface area contributed by atoms with Gasteiger partial charge in [-0.1, -0.05) is 12.1 Å². The monoisotopic (exact) mass is 336 g/mol. The first-order valence-electron chi connectivity index (χ1n) is 7.61. The highest BCUT2D eigenvalue weighted by Gasteiger charge is 2.21. The quantitative estimate of drug-likeness (QED) is 0.631. The first-order valence-corrected chi connectivity index (χ1v) is 7.61. The number of benzene rings is 3. The highest BCUT2D eigenvalue weighted by atomic mass is 16.3. The Morgan fingerprint density at radius 1 is 0.760 bits per heavy atom. The van der Waals surface area contributed by atoms with Crippen molar-refractivity contribution >= 4 is 23.3 Å². The lowest BCUT2D eigenvalue weighted by atomic mass is 9.88. The van der Waals surface area contributed by atoms with Crippen molar-refractivity contribution in [2.45, 2.75) is 13.8 Å². The molecule has 0 aliphatic rings. The van der Waals surface area contributed by atoms with Gasteiger partial charge >= 0.3 is 0 Å². The fraction of sp³-hybridized carbons (Fsp3) is 0.100. The van der Waals surface area contributed by atoms with Crippen LogP contribution < -0.4 is 0 Å². The van der Waals surface area contributed by atoms with Crippen LogP contribution in [0.25, 0.3) is 21.9 Å². The van der Waals surface area contributed by atoms with Gasteiger partial charge < -0.3 is 15.3 Å². The van der Waals surface area contributed by atoms with Crippen LogP contribution in [-0.2, 0) is 0 Å². The average molecular weight is 336 g/mol. The number of carbonyl (C=O) groups excluding carboxylic acids is 2. The molecule has 0 atom stereocenters. The maximum Gasteiger partial charge on any atom is 0.154 e. The molecule has 3 aromatic carbocycles. The summed E-state index contributed by atoms with van der Waals surface area (Å²) in [6, 6.07) is 7.88. The molecule has 3 rings (SSSR count). The molecule has 0 saturated heterocycles. The van der Waals surface area contributed by atoms with Gasteiger partial charge in [0.25, 0.3) is 0 Å². The molecule has 0 aliphatic carbocycles. The molecule has 0 radical (unpaired) electrons. The second kappa shape index (κ2) is 5.94. The lowest BCUT2D eigenvalue weighted by Gasteiger charge is -2.16. The highest BCUT2D eigenvalue weighted by molar-refractivity contribution is 6.13. The number of aryl methyl sites for hydroxylation is 2. The smallest absolute Gasteiger partial charge is 0.154 e. The molecule has 0 aromatic heterocycles. The molecule has 0 heterocycles. The molecule has 5 nitrogen and oxygen atoms in total. The lowest BCUT2D eigenvalue weighted by molar-refractivity contribution is 0.109. The zero-order valence-electron chi connectivity index (χ0n) is 13.7. The van der Waals surface area contributed by atoms with Crippen molar-refractivity contribution in [3.05, 3.63) is 52.6 Å². The van der Waals surface area contributed by atoms with Crippen LogP contribution in [0.3, 0.4) is 0 Å². The molecule has 3 aromatic rings. The number of carbonyl (C=O) groups is 2. The Labute approximate surface area is 143 Å². The Kier molecular flexibility index (Phi) is 3.93. The van der Waals surface area contributed by atoms with E-state index in [9.17, 15) is 24.9 Å². The predicted molar refractivity (Wildman–Crippen MR) is 94.6 cm³/mol. The van der Waals surface area contributed by atoms with Crippen molar-refractivity contribution in [2.75, 3.05) is 0 Å². The van der Waals surface area contributed by atoms with E-state index in [2.05, 4.69) is 0 Å². The summed E-state index contributed by atoms with van der Waals surface area (Å²) in [7, 11) is 0. The van der Waals surface area contributed by atoms with Gasteiger partial charge in [-0.05, 0) is 54.1 Å². The van der Waals surface area contributed by atoms with Gasteiger partial charge in [-0.2, -0.15) is 0 Å². The van der Waals surface area contributed by atoms with Crippen LogP contribution in [0.1, 0.15) is 31.8 Å². The lowest BCUT2D eigenvalue weighted by Crippen LogP contribution is -1.99. The van der Waals surface area contributed by atoms with Crippen LogP contribution >= 0.6 is 0 Å². The van der Waals surface area contributed by atoms with E-state index in [-0.39, 0.29) is 28.4 Å². The van der Waals surface area contributed by atoms with E-state index in [0.29, 0.717) is 45.6 Å². The number of phenolic OH excluding ortho intramolecular Hbond substituents is 3. The Morgan fingerprint density at radius 3 is 2.00 bits per heavy atom. The van der Waals surface area contributed by atoms with Gasteiger partial charge in [0.2, 0.25) is 0 Å². The summed E-state index contributed by atoms with van der Waals surface area (Å²) in [5, 5.41) is 31.3. The van der Waals surface area contributed by atoms with E-state index in [0.717, 1.165) is 0 Å². The highest BCUT2D eigenvalue weighted by Crippen LogP contribution is 2.42. The number of hydrogen-bond donors (Lipinski definition) is 3. The van der Waals surface area contributed by atoms with E-state index >= 15 is 0 Å². The third kappa shape index (κ3) is 2.50. The SMILES string of the molecule is Cc1ccc(-c2c(C=O)c(C=O)c(O)c3cc(C)c(O)cc23)cc1O. The van der Waals surface area contributed by atoms with Crippen molar-refractivity contribution in [3.8, 4) is 28.4 Å². The Bertz CT molecular complexity index is 1030. The number of rotatable bonds is 3. The van der Waals surface area contributed by atoms with Gasteiger partial charge in [0, 0.05) is 16.5 Å². The summed E-state index contributed by atoms with van der Waals surface area (Å²) in [6.07, 6.45) is 0.921. The largest absolute Gasteiger partial charge is 0.508 e. The molecule has 0 aliphatic heterocycles. The van der Waals surface area contributed by atoms with Gasteiger partial charge in [-0.25, -0.2) is 0 Å². The number of hydrogen-bond acceptors (Lipinski definition) is 5. The normalized spacial score (nSPS) is 10.8. The van der Waals surface area contributed by atoms with Crippen molar-refractivity contribution in [3.63, 3.8) is 0 Å². The van der Waals surface area contributed by atoms with Crippen molar-refractivity contribution in [2.24, 2.45) is 0 Å². The minimum atomic E-state index is -0.310. The minimum Gasteiger partial charge on any atom is -0.508 e. The number of phenols is 3. The molecule has 0 bridgehead atoms. The summed E-state index contributed by atoms with van der Waals surface area (Å²) in [6.45, 7) is 3.40. The van der Waals surface area contributed by atoms with E-state index in [4.69, 9.17) is 0 Å². The standard InChI is InChI=1S/C20H16O5/c1-10-3-4-12(6-17(10)23)19-13-7-18(24)11(2)5-14(13)20(25)16(9-22)15(19)8-21/h3-9,23-25H,1-2H3. The number of aromatic hydroxyl groups is 3. The number of aldehydes is 2. The molecule has 3 N–H and O–H groups in total. The molecular weight excluding hydrogens is 320 g/mol. The molecule has 25 heavy (non-hydrogen) atoms. The fourth-order valence-corrected chi connectivity index (χ4v) is 2.97. The summed E-state index contributed by atoms with van der Waals surface area (Å²) in [5.41, 5.74) is 1.94. The average Bonchev–Trinajstić information content (AvgIpc) is 2.59. The molecule has 0 saturated carbocycles. The van der Waals surface area contributed by atoms with Gasteiger partial charge in [0.05, 0.1) is 5.56 Å². The van der Waals surface area contributed by atoms with E-state index in [1.54, 1.807) is 32.0 Å². The van der Waals surface area contributed by atoms with Crippen LogP contribution in [0.5, 0.6) is 17.2 Å². The summed E-state index contributed by atoms with van der Waals surface area (Å²) < 4.78 is 0. The first kappa shape index (κ1) is 16.5. The number of fused-ring (bicyclic) bond motifs is 1. The summed E-state index contributed by atoms with van der Waals surface area (Å²) >= 11 is 0. The minimum absolute atomic E-state index is 0.000172. The second-order valence-electron chi connectivity index (χ2n) is 5.97. The van der Waals surface area contributed by atoms with Gasteiger partial charge in [-0.3, -0.25) is 9.59 Å². The van der Waals surface area contributed by atoms with Crippen LogP contribution in [0, 0.1) is 13.8 Å². The molecule has 0 unspecified atom stereocenters. The predicted octanol–water partition coefficient (Wildman–Crippen LogP) is 3.87. The van der Waals surface area contributed by atoms with Crippen molar-refractivity contribution < 1.29 is 24.9 Å². The molecular formula is C20H16O5. The third-order valence-electron chi connectivity index (χ3n) is 4.41. The summed E-state index contributed by atoms with van der Waals surface area (Å²) in [5.74, 6) is -0.268. The second-order valence-corrected chi connectivity index (χ2v) is 5.97. The Hall–Kier alpha value is -3.34.